The number of pyridine rings is 1. The quantitative estimate of drug-likeness (QED) is 0.110. The molecule has 2 saturated heterocycles. The number of alkyl carbamates (subject to hydrolysis) is 1. The van der Waals surface area contributed by atoms with Crippen molar-refractivity contribution in [2.24, 2.45) is 17.3 Å². The summed E-state index contributed by atoms with van der Waals surface area (Å²) in [5.74, 6) is 0.200. The molecule has 4 aliphatic rings. The number of aromatic nitrogens is 2. The third-order valence-corrected chi connectivity index (χ3v) is 21.9. The van der Waals surface area contributed by atoms with Crippen LogP contribution in [0.25, 0.3) is 33.3 Å². The van der Waals surface area contributed by atoms with Gasteiger partial charge in [0, 0.05) is 74.7 Å². The van der Waals surface area contributed by atoms with Crippen LogP contribution in [0.3, 0.4) is 0 Å². The molecule has 0 spiro atoms. The zero-order valence-electron chi connectivity index (χ0n) is 45.9. The molecule has 1 aliphatic carbocycles. The number of aryl methyl sites for hydroxylation is 1. The molecule has 3 aliphatic heterocycles. The van der Waals surface area contributed by atoms with Crippen molar-refractivity contribution in [2.75, 3.05) is 58.4 Å². The van der Waals surface area contributed by atoms with Gasteiger partial charge in [-0.2, -0.15) is 0 Å². The number of fused-ring (bicyclic) bond motifs is 8. The van der Waals surface area contributed by atoms with Crippen LogP contribution in [0.15, 0.2) is 48.7 Å². The van der Waals surface area contributed by atoms with E-state index in [1.807, 2.05) is 6.20 Å². The van der Waals surface area contributed by atoms with E-state index in [0.717, 1.165) is 94.1 Å². The zero-order valence-corrected chi connectivity index (χ0v) is 46.9. The predicted molar refractivity (Wildman–Crippen MR) is 289 cm³/mol. The van der Waals surface area contributed by atoms with Gasteiger partial charge in [-0.3, -0.25) is 19.6 Å². The van der Waals surface area contributed by atoms with Crippen LogP contribution in [-0.2, 0) is 43.2 Å². The van der Waals surface area contributed by atoms with E-state index in [-0.39, 0.29) is 42.8 Å². The van der Waals surface area contributed by atoms with E-state index in [9.17, 15) is 14.4 Å². The summed E-state index contributed by atoms with van der Waals surface area (Å²) in [6.07, 6.45) is 2.57. The first kappa shape index (κ1) is 53.3. The number of anilines is 1. The Morgan fingerprint density at radius 1 is 0.958 bits per heavy atom. The molecule has 72 heavy (non-hydrogen) atoms. The molecule has 14 nitrogen and oxygen atoms in total. The number of hydrazine groups is 1. The number of hydrogen-bond donors (Lipinski definition) is 2. The van der Waals surface area contributed by atoms with Gasteiger partial charge in [-0.1, -0.05) is 67.5 Å². The first-order valence-corrected chi connectivity index (χ1v) is 28.8. The molecule has 4 aromatic rings. The topological polar surface area (TPSA) is 140 Å². The zero-order chi connectivity index (χ0) is 52.2. The summed E-state index contributed by atoms with van der Waals surface area (Å²) < 4.78 is 28.1. The van der Waals surface area contributed by atoms with Crippen molar-refractivity contribution in [3.05, 3.63) is 65.5 Å². The van der Waals surface area contributed by atoms with Gasteiger partial charge < -0.3 is 38.3 Å². The first-order valence-electron chi connectivity index (χ1n) is 26.6. The van der Waals surface area contributed by atoms with Gasteiger partial charge in [0.2, 0.25) is 0 Å². The van der Waals surface area contributed by atoms with E-state index >= 15 is 0 Å². The van der Waals surface area contributed by atoms with E-state index < -0.39 is 37.5 Å². The lowest BCUT2D eigenvalue weighted by Crippen LogP contribution is -2.61. The van der Waals surface area contributed by atoms with Crippen LogP contribution < -0.4 is 20.1 Å². The second kappa shape index (κ2) is 20.7. The maximum atomic E-state index is 14.9. The largest absolute Gasteiger partial charge is 0.543 e. The number of carbonyl (C=O) groups is 3. The number of nitrogens with one attached hydrogen (secondary N) is 2. The Morgan fingerprint density at radius 2 is 1.65 bits per heavy atom. The lowest BCUT2D eigenvalue weighted by atomic mass is 9.84. The van der Waals surface area contributed by atoms with Crippen LogP contribution >= 0.6 is 0 Å². The Kier molecular flexibility index (Phi) is 15.4. The molecule has 2 N–H and O–H groups in total. The summed E-state index contributed by atoms with van der Waals surface area (Å²) >= 11 is 0. The fraction of sp³-hybridized carbons (Fsp3) is 0.614. The SMILES string of the molecule is CCn1c(-c2cc(N3CCN(C)CC3)cnc2[C@H](C)OC)c2c3cc(ccc31)-c1cc(cc(O[Si](C(C)C)(C(C)C)C(C)C)c1)C[C@H](NC(=O)OC(C)(C)C)C(=O)N1CC3CC3[C@H](N1)C(=O)OCC(C)(C)C2. The maximum absolute atomic E-state index is 14.9. The number of likely N-dealkylation sites (N-methyl/N-ethyl adjacent to an activating group) is 1. The fourth-order valence-corrected chi connectivity index (χ4v) is 17.3. The summed E-state index contributed by atoms with van der Waals surface area (Å²) in [4.78, 5) is 53.0. The van der Waals surface area contributed by atoms with Gasteiger partial charge in [-0.15, -0.1) is 0 Å². The minimum atomic E-state index is -2.48. The van der Waals surface area contributed by atoms with E-state index in [4.69, 9.17) is 23.6 Å². The second-order valence-corrected chi connectivity index (χ2v) is 29.3. The van der Waals surface area contributed by atoms with Crippen LogP contribution in [0, 0.1) is 17.3 Å². The number of methoxy groups -OCH3 is 1. The number of nitrogens with zero attached hydrogens (tertiary/aromatic N) is 5. The number of carbonyl (C=O) groups excluding carboxylic acids is 3. The summed E-state index contributed by atoms with van der Waals surface area (Å²) in [7, 11) is 1.43. The van der Waals surface area contributed by atoms with Crippen molar-refractivity contribution in [3.63, 3.8) is 0 Å². The first-order chi connectivity index (χ1) is 33.9. The Bertz CT molecular complexity index is 2630. The van der Waals surface area contributed by atoms with E-state index in [2.05, 4.69) is 144 Å². The molecule has 8 rings (SSSR count). The van der Waals surface area contributed by atoms with Gasteiger partial charge >= 0.3 is 12.1 Å². The van der Waals surface area contributed by atoms with Crippen LogP contribution in [0.2, 0.25) is 16.6 Å². The minimum absolute atomic E-state index is 0.0463. The lowest BCUT2D eigenvalue weighted by Gasteiger charge is -2.42. The number of ether oxygens (including phenoxy) is 3. The fourth-order valence-electron chi connectivity index (χ4n) is 12.1. The third kappa shape index (κ3) is 11.0. The van der Waals surface area contributed by atoms with E-state index in [1.54, 1.807) is 27.9 Å². The lowest BCUT2D eigenvalue weighted by molar-refractivity contribution is -0.155. The van der Waals surface area contributed by atoms with Crippen molar-refractivity contribution < 1.29 is 33.0 Å². The number of cyclic esters (lactones) is 1. The number of rotatable bonds is 11. The smallest absolute Gasteiger partial charge is 0.408 e. The number of esters is 1. The van der Waals surface area contributed by atoms with Gasteiger partial charge in [-0.05, 0) is 136 Å². The molecule has 3 fully saturated rings. The molecule has 6 bridgehead atoms. The number of piperazine rings is 1. The average molecular weight is 1010 g/mol. The highest BCUT2D eigenvalue weighted by Crippen LogP contribution is 2.47. The minimum Gasteiger partial charge on any atom is -0.543 e. The number of benzene rings is 2. The van der Waals surface area contributed by atoms with Crippen LogP contribution in [0.4, 0.5) is 10.5 Å². The molecule has 2 unspecified atom stereocenters. The summed E-state index contributed by atoms with van der Waals surface area (Å²) in [5.41, 5.74) is 12.0. The van der Waals surface area contributed by atoms with Gasteiger partial charge in [0.1, 0.15) is 23.4 Å². The summed E-state index contributed by atoms with van der Waals surface area (Å²) in [6.45, 7) is 32.7. The van der Waals surface area contributed by atoms with Crippen molar-refractivity contribution >= 4 is 42.9 Å². The van der Waals surface area contributed by atoms with Gasteiger partial charge in [-0.25, -0.2) is 10.2 Å². The van der Waals surface area contributed by atoms with Gasteiger partial charge in [0.05, 0.1) is 36.0 Å². The van der Waals surface area contributed by atoms with Crippen molar-refractivity contribution in [2.45, 2.75) is 156 Å². The molecule has 392 valence electrons. The predicted octanol–water partition coefficient (Wildman–Crippen LogP) is 10.3. The molecule has 5 heterocycles. The molecule has 2 aromatic carbocycles. The van der Waals surface area contributed by atoms with Gasteiger partial charge in [0.25, 0.3) is 14.2 Å². The highest BCUT2D eigenvalue weighted by molar-refractivity contribution is 6.78. The van der Waals surface area contributed by atoms with E-state index in [0.29, 0.717) is 36.1 Å². The highest BCUT2D eigenvalue weighted by Gasteiger charge is 2.53. The maximum Gasteiger partial charge on any atom is 0.408 e. The Hall–Kier alpha value is -4.96. The average Bonchev–Trinajstić information content (AvgIpc) is 4.05. The van der Waals surface area contributed by atoms with Crippen LogP contribution in [-0.4, -0.2) is 117 Å². The molecule has 2 amide bonds. The Balaban J connectivity index is 1.37. The molecule has 5 atom stereocenters. The second-order valence-electron chi connectivity index (χ2n) is 24.0. The highest BCUT2D eigenvalue weighted by atomic mass is 28.4. The number of hydrogen-bond acceptors (Lipinski definition) is 11. The molecular weight excluding hydrogens is 923 g/mol. The van der Waals surface area contributed by atoms with Crippen LogP contribution in [0.5, 0.6) is 5.75 Å². The monoisotopic (exact) mass is 1010 g/mol. The van der Waals surface area contributed by atoms with Crippen molar-refractivity contribution in [3.8, 4) is 28.1 Å². The number of amides is 2. The van der Waals surface area contributed by atoms with Crippen molar-refractivity contribution in [1.82, 2.24) is 30.2 Å². The molecular formula is C57H83N7O7Si. The summed E-state index contributed by atoms with van der Waals surface area (Å²) in [5, 5.41) is 5.59. The van der Waals surface area contributed by atoms with Crippen molar-refractivity contribution in [1.29, 1.82) is 0 Å². The molecule has 0 radical (unpaired) electrons. The van der Waals surface area contributed by atoms with Crippen LogP contribution in [0.1, 0.15) is 119 Å². The normalized spacial score (nSPS) is 22.5. The third-order valence-electron chi connectivity index (χ3n) is 15.9. The molecule has 15 heteroatoms. The standard InChI is InChI=1S/C57H83N7O7Si/c1-16-63-49-18-17-39-27-45(49)47(52(63)46-29-42(31-58-50(46)37(8)68-15)62-21-19-61(14)20-22-62)30-57(12,13)33-69-54(66)51-44-28-41(44)32-64(60-51)53(65)48(59-55(67)70-56(9,10)11)25-38-23-40(39)26-43(24-38)71-72(34(2)3,35(4)5)36(6)7/h17-18,23-24,26-27,29,31,34-37,41,44,48,51,60H,16,19-22,25,28,30,32-33H2,1-15H3,(H,59,67)/t37-,41?,44?,48-,51-/m0/s1. The molecule has 1 saturated carbocycles. The Labute approximate surface area is 430 Å². The Morgan fingerprint density at radius 3 is 2.29 bits per heavy atom. The summed E-state index contributed by atoms with van der Waals surface area (Å²) in [6, 6.07) is 13.7. The van der Waals surface area contributed by atoms with Gasteiger partial charge in [0.15, 0.2) is 0 Å². The molecule has 2 aromatic heterocycles. The van der Waals surface area contributed by atoms with E-state index in [1.165, 1.54) is 5.01 Å².